The Hall–Kier alpha value is -1.01. The lowest BCUT2D eigenvalue weighted by Crippen LogP contribution is -2.42. The van der Waals surface area contributed by atoms with Gasteiger partial charge in [0.05, 0.1) is 13.1 Å². The Morgan fingerprint density at radius 1 is 1.71 bits per heavy atom. The fourth-order valence-corrected chi connectivity index (χ4v) is 1.84. The van der Waals surface area contributed by atoms with Crippen molar-refractivity contribution >= 4 is 5.91 Å². The first-order valence-electron chi connectivity index (χ1n) is 5.15. The first-order valence-corrected chi connectivity index (χ1v) is 5.15. The van der Waals surface area contributed by atoms with Gasteiger partial charge in [0.25, 0.3) is 0 Å². The summed E-state index contributed by atoms with van der Waals surface area (Å²) in [6.07, 6.45) is 7.53. The summed E-state index contributed by atoms with van der Waals surface area (Å²) in [4.78, 5) is 13.5. The molecular formula is C11H18N2O. The molecule has 1 amide bonds. The first-order chi connectivity index (χ1) is 6.72. The van der Waals surface area contributed by atoms with Gasteiger partial charge in [-0.2, -0.15) is 0 Å². The number of carbonyl (C=O) groups excluding carboxylic acids is 1. The lowest BCUT2D eigenvalue weighted by atomic mass is 10.0. The van der Waals surface area contributed by atoms with Gasteiger partial charge in [-0.15, -0.1) is 6.42 Å². The second-order valence-corrected chi connectivity index (χ2v) is 3.96. The van der Waals surface area contributed by atoms with Crippen molar-refractivity contribution < 1.29 is 4.79 Å². The zero-order chi connectivity index (χ0) is 10.4. The summed E-state index contributed by atoms with van der Waals surface area (Å²) in [6, 6.07) is 0. The van der Waals surface area contributed by atoms with Gasteiger partial charge in [-0.25, -0.2) is 0 Å². The van der Waals surface area contributed by atoms with Gasteiger partial charge >= 0.3 is 0 Å². The van der Waals surface area contributed by atoms with E-state index in [0.717, 1.165) is 13.1 Å². The molecule has 1 rings (SSSR count). The van der Waals surface area contributed by atoms with Gasteiger partial charge < -0.3 is 5.32 Å². The molecule has 0 aromatic heterocycles. The molecule has 78 valence electrons. The van der Waals surface area contributed by atoms with E-state index in [1.807, 2.05) is 0 Å². The molecule has 1 aliphatic heterocycles. The highest BCUT2D eigenvalue weighted by Gasteiger charge is 2.17. The third kappa shape index (κ3) is 3.80. The number of likely N-dealkylation sites (tertiary alicyclic amines) is 1. The molecule has 0 radical (unpaired) electrons. The van der Waals surface area contributed by atoms with Gasteiger partial charge in [-0.3, -0.25) is 9.69 Å². The fourth-order valence-electron chi connectivity index (χ4n) is 1.84. The van der Waals surface area contributed by atoms with E-state index in [0.29, 0.717) is 19.0 Å². The fraction of sp³-hybridized carbons (Fsp3) is 0.727. The highest BCUT2D eigenvalue weighted by molar-refractivity contribution is 5.78. The van der Waals surface area contributed by atoms with E-state index >= 15 is 0 Å². The third-order valence-electron chi connectivity index (χ3n) is 2.50. The molecule has 3 heteroatoms. The van der Waals surface area contributed by atoms with Crippen LogP contribution >= 0.6 is 0 Å². The van der Waals surface area contributed by atoms with E-state index in [1.54, 1.807) is 0 Å². The Morgan fingerprint density at radius 2 is 2.50 bits per heavy atom. The largest absolute Gasteiger partial charge is 0.344 e. The van der Waals surface area contributed by atoms with Crippen LogP contribution in [-0.2, 0) is 4.79 Å². The van der Waals surface area contributed by atoms with E-state index in [2.05, 4.69) is 23.1 Å². The topological polar surface area (TPSA) is 32.3 Å². The van der Waals surface area contributed by atoms with Crippen molar-refractivity contribution in [3.8, 4) is 12.3 Å². The minimum absolute atomic E-state index is 0.0389. The minimum Gasteiger partial charge on any atom is -0.344 e. The summed E-state index contributed by atoms with van der Waals surface area (Å²) in [5, 5.41) is 2.68. The van der Waals surface area contributed by atoms with Gasteiger partial charge in [0.15, 0.2) is 0 Å². The maximum atomic E-state index is 11.3. The number of piperidine rings is 1. The maximum absolute atomic E-state index is 11.3. The van der Waals surface area contributed by atoms with Crippen molar-refractivity contribution in [1.82, 2.24) is 10.2 Å². The molecule has 1 saturated heterocycles. The van der Waals surface area contributed by atoms with Crippen molar-refractivity contribution in [1.29, 1.82) is 0 Å². The molecule has 0 spiro atoms. The summed E-state index contributed by atoms with van der Waals surface area (Å²) >= 11 is 0. The average molecular weight is 194 g/mol. The maximum Gasteiger partial charge on any atom is 0.234 e. The Morgan fingerprint density at radius 3 is 3.14 bits per heavy atom. The molecular weight excluding hydrogens is 176 g/mol. The molecule has 1 heterocycles. The van der Waals surface area contributed by atoms with Crippen LogP contribution in [0.15, 0.2) is 0 Å². The molecule has 3 nitrogen and oxygen atoms in total. The van der Waals surface area contributed by atoms with Crippen LogP contribution in [0.4, 0.5) is 0 Å². The van der Waals surface area contributed by atoms with Gasteiger partial charge in [-0.05, 0) is 25.3 Å². The van der Waals surface area contributed by atoms with Crippen LogP contribution in [0.5, 0.6) is 0 Å². The minimum atomic E-state index is 0.0389. The first kappa shape index (κ1) is 11.1. The molecule has 1 aliphatic rings. The molecule has 1 N–H and O–H groups in total. The van der Waals surface area contributed by atoms with E-state index in [4.69, 9.17) is 6.42 Å². The Labute approximate surface area is 85.9 Å². The van der Waals surface area contributed by atoms with E-state index in [-0.39, 0.29) is 5.91 Å². The number of carbonyl (C=O) groups is 1. The van der Waals surface area contributed by atoms with Crippen molar-refractivity contribution in [2.45, 2.75) is 19.8 Å². The smallest absolute Gasteiger partial charge is 0.234 e. The van der Waals surface area contributed by atoms with Gasteiger partial charge in [0.1, 0.15) is 0 Å². The summed E-state index contributed by atoms with van der Waals surface area (Å²) in [5.74, 6) is 3.15. The third-order valence-corrected chi connectivity index (χ3v) is 2.50. The quantitative estimate of drug-likeness (QED) is 0.662. The van der Waals surface area contributed by atoms with Crippen molar-refractivity contribution in [3.05, 3.63) is 0 Å². The van der Waals surface area contributed by atoms with Crippen LogP contribution in [0.2, 0.25) is 0 Å². The van der Waals surface area contributed by atoms with E-state index < -0.39 is 0 Å². The molecule has 0 bridgehead atoms. The second kappa shape index (κ2) is 5.66. The number of rotatable bonds is 3. The second-order valence-electron chi connectivity index (χ2n) is 3.96. The SMILES string of the molecule is C#CCNC(=O)CN1CCCC(C)C1. The monoisotopic (exact) mass is 194 g/mol. The Bertz CT molecular complexity index is 232. The number of nitrogens with zero attached hydrogens (tertiary/aromatic N) is 1. The van der Waals surface area contributed by atoms with Gasteiger partial charge in [-0.1, -0.05) is 12.8 Å². The molecule has 14 heavy (non-hydrogen) atoms. The summed E-state index contributed by atoms with van der Waals surface area (Å²) in [6.45, 7) is 5.12. The van der Waals surface area contributed by atoms with Crippen LogP contribution < -0.4 is 5.32 Å². The molecule has 1 atom stereocenters. The number of amides is 1. The van der Waals surface area contributed by atoms with Gasteiger partial charge in [0, 0.05) is 6.54 Å². The lowest BCUT2D eigenvalue weighted by molar-refractivity contribution is -0.122. The predicted molar refractivity (Wildman–Crippen MR) is 56.7 cm³/mol. The summed E-state index contributed by atoms with van der Waals surface area (Å²) in [5.41, 5.74) is 0. The molecule has 1 fully saturated rings. The van der Waals surface area contributed by atoms with Gasteiger partial charge in [0.2, 0.25) is 5.91 Å². The van der Waals surface area contributed by atoms with Crippen LogP contribution in [-0.4, -0.2) is 37.0 Å². The Balaban J connectivity index is 2.22. The molecule has 0 aromatic rings. The number of hydrogen-bond donors (Lipinski definition) is 1. The molecule has 0 aliphatic carbocycles. The molecule has 0 saturated carbocycles. The Kier molecular flexibility index (Phi) is 4.48. The zero-order valence-corrected chi connectivity index (χ0v) is 8.75. The van der Waals surface area contributed by atoms with Crippen molar-refractivity contribution in [2.24, 2.45) is 5.92 Å². The highest BCUT2D eigenvalue weighted by atomic mass is 16.2. The van der Waals surface area contributed by atoms with Crippen LogP contribution in [0.3, 0.4) is 0 Å². The summed E-state index contributed by atoms with van der Waals surface area (Å²) < 4.78 is 0. The normalized spacial score (nSPS) is 22.7. The number of nitrogens with one attached hydrogen (secondary N) is 1. The standard InChI is InChI=1S/C11H18N2O/c1-3-6-12-11(14)9-13-7-4-5-10(2)8-13/h1,10H,4-9H2,2H3,(H,12,14). The van der Waals surface area contributed by atoms with E-state index in [1.165, 1.54) is 12.8 Å². The number of hydrogen-bond acceptors (Lipinski definition) is 2. The van der Waals surface area contributed by atoms with Crippen molar-refractivity contribution in [3.63, 3.8) is 0 Å². The van der Waals surface area contributed by atoms with Crippen LogP contribution in [0.25, 0.3) is 0 Å². The number of terminal acetylenes is 1. The lowest BCUT2D eigenvalue weighted by Gasteiger charge is -2.29. The molecule has 0 aromatic carbocycles. The highest BCUT2D eigenvalue weighted by Crippen LogP contribution is 2.14. The molecule has 1 unspecified atom stereocenters. The van der Waals surface area contributed by atoms with Crippen LogP contribution in [0.1, 0.15) is 19.8 Å². The van der Waals surface area contributed by atoms with Crippen LogP contribution in [0, 0.1) is 18.3 Å². The summed E-state index contributed by atoms with van der Waals surface area (Å²) in [7, 11) is 0. The van der Waals surface area contributed by atoms with Crippen molar-refractivity contribution in [2.75, 3.05) is 26.2 Å². The average Bonchev–Trinajstić information content (AvgIpc) is 2.15. The zero-order valence-electron chi connectivity index (χ0n) is 8.75. The predicted octanol–water partition coefficient (Wildman–Crippen LogP) is 0.468. The van der Waals surface area contributed by atoms with E-state index in [9.17, 15) is 4.79 Å².